The highest BCUT2D eigenvalue weighted by Gasteiger charge is 2.53. The highest BCUT2D eigenvalue weighted by Crippen LogP contribution is 2.47. The molecule has 2 fully saturated rings. The van der Waals surface area contributed by atoms with Gasteiger partial charge in [-0.25, -0.2) is 0 Å². The molecule has 12 nitrogen and oxygen atoms in total. The lowest BCUT2D eigenvalue weighted by atomic mass is 9.82. The summed E-state index contributed by atoms with van der Waals surface area (Å²) in [6.07, 6.45) is 4.00. The number of nitrogens with zero attached hydrogens (tertiary/aromatic N) is 4. The number of anilines is 3. The normalized spacial score (nSPS) is 22.8. The van der Waals surface area contributed by atoms with Crippen molar-refractivity contribution in [1.29, 1.82) is 0 Å². The summed E-state index contributed by atoms with van der Waals surface area (Å²) in [4.78, 5) is 60.0. The Kier molecular flexibility index (Phi) is 9.75. The van der Waals surface area contributed by atoms with Gasteiger partial charge in [-0.05, 0) is 53.4 Å². The van der Waals surface area contributed by atoms with Gasteiger partial charge in [-0.1, -0.05) is 55.5 Å². The Labute approximate surface area is 297 Å². The molecule has 0 aromatic heterocycles. The van der Waals surface area contributed by atoms with E-state index >= 15 is 0 Å². The number of carbonyl (C=O) groups excluding carboxylic acids is 4. The van der Waals surface area contributed by atoms with E-state index in [1.807, 2.05) is 48.5 Å². The molecular formula is C39H44N6O6. The van der Waals surface area contributed by atoms with Crippen LogP contribution in [0.1, 0.15) is 35.6 Å². The molecule has 51 heavy (non-hydrogen) atoms. The van der Waals surface area contributed by atoms with Crippen molar-refractivity contribution in [2.45, 2.75) is 44.5 Å². The van der Waals surface area contributed by atoms with Crippen molar-refractivity contribution in [2.24, 2.45) is 5.92 Å². The number of hydrogen-bond acceptors (Lipinski definition) is 8. The molecule has 0 bridgehead atoms. The summed E-state index contributed by atoms with van der Waals surface area (Å²) < 4.78 is 0. The maximum absolute atomic E-state index is 14.4. The molecule has 4 heterocycles. The third-order valence-corrected chi connectivity index (χ3v) is 10.6. The first kappa shape index (κ1) is 34.6. The quantitative estimate of drug-likeness (QED) is 0.249. The molecule has 4 aliphatic rings. The lowest BCUT2D eigenvalue weighted by molar-refractivity contribution is -0.139. The first-order chi connectivity index (χ1) is 24.7. The van der Waals surface area contributed by atoms with Gasteiger partial charge in [-0.2, -0.15) is 0 Å². The van der Waals surface area contributed by atoms with Gasteiger partial charge in [0.25, 0.3) is 5.91 Å². The van der Waals surface area contributed by atoms with Crippen LogP contribution in [-0.2, 0) is 44.3 Å². The van der Waals surface area contributed by atoms with Crippen LogP contribution >= 0.6 is 0 Å². The molecule has 4 amide bonds. The second-order valence-electron chi connectivity index (χ2n) is 13.7. The lowest BCUT2D eigenvalue weighted by Crippen LogP contribution is -2.48. The lowest BCUT2D eigenvalue weighted by Gasteiger charge is -2.36. The highest BCUT2D eigenvalue weighted by atomic mass is 16.3. The van der Waals surface area contributed by atoms with Gasteiger partial charge >= 0.3 is 0 Å². The van der Waals surface area contributed by atoms with E-state index in [9.17, 15) is 29.4 Å². The first-order valence-electron chi connectivity index (χ1n) is 17.6. The highest BCUT2D eigenvalue weighted by molar-refractivity contribution is 6.08. The van der Waals surface area contributed by atoms with Crippen LogP contribution in [0.4, 0.5) is 17.1 Å². The molecule has 0 saturated carbocycles. The summed E-state index contributed by atoms with van der Waals surface area (Å²) in [6, 6.07) is 20.4. The molecule has 2 saturated heterocycles. The fourth-order valence-electron chi connectivity index (χ4n) is 7.70. The average molecular weight is 693 g/mol. The van der Waals surface area contributed by atoms with Gasteiger partial charge in [0.2, 0.25) is 17.7 Å². The summed E-state index contributed by atoms with van der Waals surface area (Å²) in [5.74, 6) is -1.53. The number of aliphatic hydroxyl groups excluding tert-OH is 1. The third kappa shape index (κ3) is 6.56. The fourth-order valence-corrected chi connectivity index (χ4v) is 7.70. The van der Waals surface area contributed by atoms with E-state index in [0.717, 1.165) is 22.4 Å². The maximum atomic E-state index is 14.4. The van der Waals surface area contributed by atoms with Gasteiger partial charge in [-0.15, -0.1) is 0 Å². The van der Waals surface area contributed by atoms with Gasteiger partial charge in [0, 0.05) is 62.0 Å². The summed E-state index contributed by atoms with van der Waals surface area (Å²) in [7, 11) is 0. The monoisotopic (exact) mass is 692 g/mol. The molecule has 7 rings (SSSR count). The number of amides is 4. The van der Waals surface area contributed by atoms with Gasteiger partial charge < -0.3 is 40.4 Å². The molecule has 0 radical (unpaired) electrons. The third-order valence-electron chi connectivity index (χ3n) is 10.6. The van der Waals surface area contributed by atoms with Crippen molar-refractivity contribution in [3.63, 3.8) is 0 Å². The Bertz CT molecular complexity index is 1880. The van der Waals surface area contributed by atoms with E-state index in [4.69, 9.17) is 0 Å². The second-order valence-corrected chi connectivity index (χ2v) is 13.7. The molecular weight excluding hydrogens is 648 g/mol. The van der Waals surface area contributed by atoms with Crippen molar-refractivity contribution >= 4 is 40.7 Å². The standard InChI is InChI=1S/C39H44N6O6/c1-26(6-4-11-35(47)44-24-29-9-3-2-8-28(29)19-32(44)25-46)39(51)33-20-31(43-17-15-41-22-37(43)49)12-13-34(33)45(38(39)50)23-27-7-5-10-30(18-27)42-16-14-40-21-36(42)48/h2-10,12-13,18,20,26,32,40-41,46,51H,11,14-17,19,21-25H2,1H3/b6-4+/t26-,32-,39+/m0/s1. The Hall–Kier alpha value is -4.88. The van der Waals surface area contributed by atoms with Crippen molar-refractivity contribution < 1.29 is 29.4 Å². The molecule has 0 unspecified atom stereocenters. The Morgan fingerprint density at radius 1 is 0.922 bits per heavy atom. The molecule has 3 atom stereocenters. The largest absolute Gasteiger partial charge is 0.394 e. The number of rotatable bonds is 9. The number of benzene rings is 3. The number of aliphatic hydroxyl groups is 2. The van der Waals surface area contributed by atoms with Crippen molar-refractivity contribution in [2.75, 3.05) is 60.6 Å². The Morgan fingerprint density at radius 3 is 2.29 bits per heavy atom. The predicted molar refractivity (Wildman–Crippen MR) is 193 cm³/mol. The van der Waals surface area contributed by atoms with Crippen molar-refractivity contribution in [1.82, 2.24) is 15.5 Å². The van der Waals surface area contributed by atoms with Gasteiger partial charge in [0.15, 0.2) is 5.60 Å². The molecule has 3 aromatic carbocycles. The van der Waals surface area contributed by atoms with Crippen LogP contribution in [0.2, 0.25) is 0 Å². The zero-order valence-corrected chi connectivity index (χ0v) is 28.8. The van der Waals surface area contributed by atoms with Crippen LogP contribution in [0.5, 0.6) is 0 Å². The van der Waals surface area contributed by atoms with Crippen LogP contribution in [-0.4, -0.2) is 90.7 Å². The van der Waals surface area contributed by atoms with Crippen molar-refractivity contribution in [3.05, 3.63) is 101 Å². The van der Waals surface area contributed by atoms with E-state index in [-0.39, 0.29) is 56.4 Å². The first-order valence-corrected chi connectivity index (χ1v) is 17.6. The average Bonchev–Trinajstić information content (AvgIpc) is 3.36. The molecule has 0 aliphatic carbocycles. The summed E-state index contributed by atoms with van der Waals surface area (Å²) in [5, 5.41) is 28.7. The van der Waals surface area contributed by atoms with E-state index in [1.165, 1.54) is 0 Å². The van der Waals surface area contributed by atoms with Gasteiger partial charge in [0.05, 0.1) is 38.0 Å². The minimum atomic E-state index is -1.98. The zero-order valence-electron chi connectivity index (χ0n) is 28.8. The van der Waals surface area contributed by atoms with Crippen LogP contribution in [0.3, 0.4) is 0 Å². The maximum Gasteiger partial charge on any atom is 0.264 e. The number of nitrogens with one attached hydrogen (secondary N) is 2. The van der Waals surface area contributed by atoms with E-state index in [0.29, 0.717) is 56.1 Å². The van der Waals surface area contributed by atoms with Crippen LogP contribution in [0.25, 0.3) is 0 Å². The predicted octanol–water partition coefficient (Wildman–Crippen LogP) is 1.82. The van der Waals surface area contributed by atoms with Crippen molar-refractivity contribution in [3.8, 4) is 0 Å². The number of fused-ring (bicyclic) bond motifs is 2. The van der Waals surface area contributed by atoms with E-state index in [1.54, 1.807) is 56.9 Å². The molecule has 3 aromatic rings. The molecule has 4 aliphatic heterocycles. The van der Waals surface area contributed by atoms with Crippen LogP contribution in [0, 0.1) is 5.92 Å². The summed E-state index contributed by atoms with van der Waals surface area (Å²) >= 11 is 0. The summed E-state index contributed by atoms with van der Waals surface area (Å²) in [5.41, 5.74) is 3.26. The van der Waals surface area contributed by atoms with Gasteiger partial charge in [0.1, 0.15) is 0 Å². The molecule has 0 spiro atoms. The topological polar surface area (TPSA) is 146 Å². The van der Waals surface area contributed by atoms with E-state index in [2.05, 4.69) is 10.6 Å². The van der Waals surface area contributed by atoms with Crippen LogP contribution in [0.15, 0.2) is 78.9 Å². The smallest absolute Gasteiger partial charge is 0.264 e. The fraction of sp³-hybridized carbons (Fsp3) is 0.385. The Morgan fingerprint density at radius 2 is 1.61 bits per heavy atom. The summed E-state index contributed by atoms with van der Waals surface area (Å²) in [6.45, 7) is 4.93. The van der Waals surface area contributed by atoms with E-state index < -0.39 is 17.4 Å². The Balaban J connectivity index is 1.16. The minimum absolute atomic E-state index is 0.0264. The number of hydrogen-bond donors (Lipinski definition) is 4. The van der Waals surface area contributed by atoms with Crippen LogP contribution < -0.4 is 25.3 Å². The minimum Gasteiger partial charge on any atom is -0.394 e. The molecule has 4 N–H and O–H groups in total. The number of carbonyl (C=O) groups is 4. The number of piperazine rings is 2. The zero-order chi connectivity index (χ0) is 35.7. The second kappa shape index (κ2) is 14.4. The molecule has 266 valence electrons. The van der Waals surface area contributed by atoms with Gasteiger partial charge in [-0.3, -0.25) is 19.2 Å². The SMILES string of the molecule is C[C@@H](/C=C/CC(=O)N1Cc2ccccc2C[C@H]1CO)[C@]1(O)C(=O)N(Cc2cccc(N3CCNCC3=O)c2)c2ccc(N3CCNCC3=O)cc21. The molecule has 12 heteroatoms.